The molecule has 0 aliphatic heterocycles. The molecule has 0 bridgehead atoms. The first-order valence-corrected chi connectivity index (χ1v) is 11.7. The standard InChI is InChI=1S/C26H41NO5/c1-5-10-22(2)24-11-8-12-25(21-24)26(29)13-9-17-32-20-19-31-16-7-6-15-30-18-14-27(4)23(3)28/h8,11-12,21H,2,5-7,9-10,13-20H2,1,3-4H3. The molecule has 6 nitrogen and oxygen atoms in total. The zero-order valence-corrected chi connectivity index (χ0v) is 20.2. The molecule has 0 fully saturated rings. The van der Waals surface area contributed by atoms with E-state index in [9.17, 15) is 9.59 Å². The van der Waals surface area contributed by atoms with Crippen molar-refractivity contribution in [2.45, 2.75) is 52.4 Å². The Kier molecular flexibility index (Phi) is 15.3. The van der Waals surface area contributed by atoms with Crippen molar-refractivity contribution < 1.29 is 23.8 Å². The monoisotopic (exact) mass is 447 g/mol. The second kappa shape index (κ2) is 17.5. The molecule has 0 unspecified atom stereocenters. The van der Waals surface area contributed by atoms with Gasteiger partial charge in [-0.25, -0.2) is 0 Å². The molecule has 0 spiro atoms. The predicted molar refractivity (Wildman–Crippen MR) is 129 cm³/mol. The van der Waals surface area contributed by atoms with Crippen LogP contribution in [0.15, 0.2) is 30.8 Å². The SMILES string of the molecule is C=C(CCC)c1cccc(C(=O)CCCOCCOCCCCOCCN(C)C(C)=O)c1. The third-order valence-electron chi connectivity index (χ3n) is 5.15. The Bertz CT molecular complexity index is 689. The summed E-state index contributed by atoms with van der Waals surface area (Å²) in [6, 6.07) is 7.76. The number of unbranched alkanes of at least 4 members (excludes halogenated alkanes) is 1. The molecule has 1 aromatic carbocycles. The zero-order chi connectivity index (χ0) is 23.6. The minimum atomic E-state index is 0.0509. The molecule has 0 aliphatic rings. The number of benzene rings is 1. The quantitative estimate of drug-likeness (QED) is 0.226. The molecule has 32 heavy (non-hydrogen) atoms. The maximum absolute atomic E-state index is 12.4. The number of nitrogens with zero attached hydrogens (tertiary/aromatic N) is 1. The minimum absolute atomic E-state index is 0.0509. The fourth-order valence-corrected chi connectivity index (χ4v) is 3.03. The number of ketones is 1. The third kappa shape index (κ3) is 12.7. The summed E-state index contributed by atoms with van der Waals surface area (Å²) < 4.78 is 16.6. The maximum Gasteiger partial charge on any atom is 0.219 e. The van der Waals surface area contributed by atoms with Crippen LogP contribution in [0.2, 0.25) is 0 Å². The van der Waals surface area contributed by atoms with E-state index < -0.39 is 0 Å². The van der Waals surface area contributed by atoms with Gasteiger partial charge in [-0.05, 0) is 42.9 Å². The molecule has 1 rings (SSSR count). The van der Waals surface area contributed by atoms with Gasteiger partial charge >= 0.3 is 0 Å². The Labute approximate surface area is 193 Å². The van der Waals surface area contributed by atoms with Crippen LogP contribution in [0.3, 0.4) is 0 Å². The summed E-state index contributed by atoms with van der Waals surface area (Å²) in [5, 5.41) is 0. The van der Waals surface area contributed by atoms with Crippen LogP contribution in [0, 0.1) is 0 Å². The Morgan fingerprint density at radius 1 is 0.875 bits per heavy atom. The number of allylic oxidation sites excluding steroid dienone is 1. The molecule has 0 aliphatic carbocycles. The maximum atomic E-state index is 12.4. The van der Waals surface area contributed by atoms with Crippen LogP contribution in [0.1, 0.15) is 68.3 Å². The first kappa shape index (κ1) is 28.0. The third-order valence-corrected chi connectivity index (χ3v) is 5.15. The van der Waals surface area contributed by atoms with Gasteiger partial charge in [-0.15, -0.1) is 0 Å². The van der Waals surface area contributed by atoms with Gasteiger partial charge in [0.15, 0.2) is 5.78 Å². The summed E-state index contributed by atoms with van der Waals surface area (Å²) in [5.41, 5.74) is 2.88. The largest absolute Gasteiger partial charge is 0.380 e. The van der Waals surface area contributed by atoms with E-state index in [1.165, 1.54) is 0 Å². The van der Waals surface area contributed by atoms with E-state index in [1.54, 1.807) is 18.9 Å². The molecule has 1 amide bonds. The van der Waals surface area contributed by atoms with E-state index in [0.717, 1.165) is 42.4 Å². The van der Waals surface area contributed by atoms with Crippen molar-refractivity contribution in [3.63, 3.8) is 0 Å². The van der Waals surface area contributed by atoms with Crippen LogP contribution in [-0.4, -0.2) is 69.8 Å². The Hall–Kier alpha value is -2.02. The van der Waals surface area contributed by atoms with Crippen molar-refractivity contribution in [1.29, 1.82) is 0 Å². The number of hydrogen-bond donors (Lipinski definition) is 0. The minimum Gasteiger partial charge on any atom is -0.380 e. The lowest BCUT2D eigenvalue weighted by Crippen LogP contribution is -2.27. The molecule has 0 atom stereocenters. The fourth-order valence-electron chi connectivity index (χ4n) is 3.03. The fraction of sp³-hybridized carbons (Fsp3) is 0.615. The van der Waals surface area contributed by atoms with Gasteiger partial charge < -0.3 is 19.1 Å². The number of carbonyl (C=O) groups excluding carboxylic acids is 2. The van der Waals surface area contributed by atoms with Crippen molar-refractivity contribution in [3.8, 4) is 0 Å². The van der Waals surface area contributed by atoms with Crippen molar-refractivity contribution >= 4 is 17.3 Å². The summed E-state index contributed by atoms with van der Waals surface area (Å²) in [6.07, 6.45) is 5.04. The topological polar surface area (TPSA) is 65.1 Å². The van der Waals surface area contributed by atoms with E-state index in [0.29, 0.717) is 59.0 Å². The Morgan fingerprint density at radius 3 is 2.09 bits per heavy atom. The number of carbonyl (C=O) groups is 2. The molecule has 0 N–H and O–H groups in total. The molecule has 6 heteroatoms. The summed E-state index contributed by atoms with van der Waals surface area (Å²) in [6.45, 7) is 12.0. The number of amides is 1. The lowest BCUT2D eigenvalue weighted by molar-refractivity contribution is -0.128. The van der Waals surface area contributed by atoms with Gasteiger partial charge in [0.1, 0.15) is 0 Å². The molecule has 0 saturated carbocycles. The van der Waals surface area contributed by atoms with Gasteiger partial charge in [0.25, 0.3) is 0 Å². The number of likely N-dealkylation sites (N-methyl/N-ethyl adjacent to an activating group) is 1. The summed E-state index contributed by atoms with van der Waals surface area (Å²) >= 11 is 0. The first-order chi connectivity index (χ1) is 15.5. The molecular formula is C26H41NO5. The number of rotatable bonds is 19. The van der Waals surface area contributed by atoms with Gasteiger partial charge in [0.2, 0.25) is 5.91 Å². The lowest BCUT2D eigenvalue weighted by atomic mass is 9.98. The van der Waals surface area contributed by atoms with Crippen LogP contribution in [0.25, 0.3) is 5.57 Å². The molecule has 0 radical (unpaired) electrons. The van der Waals surface area contributed by atoms with Crippen LogP contribution in [-0.2, 0) is 19.0 Å². The highest BCUT2D eigenvalue weighted by Gasteiger charge is 2.08. The molecule has 1 aromatic rings. The van der Waals surface area contributed by atoms with Gasteiger partial charge in [-0.1, -0.05) is 38.1 Å². The van der Waals surface area contributed by atoms with Gasteiger partial charge in [0.05, 0.1) is 19.8 Å². The van der Waals surface area contributed by atoms with E-state index in [1.807, 2.05) is 24.3 Å². The second-order valence-electron chi connectivity index (χ2n) is 7.95. The van der Waals surface area contributed by atoms with Gasteiger partial charge in [0, 0.05) is 52.3 Å². The highest BCUT2D eigenvalue weighted by atomic mass is 16.5. The average Bonchev–Trinajstić information content (AvgIpc) is 2.79. The normalized spacial score (nSPS) is 10.8. The average molecular weight is 448 g/mol. The number of ether oxygens (including phenoxy) is 3. The van der Waals surface area contributed by atoms with Crippen molar-refractivity contribution in [3.05, 3.63) is 42.0 Å². The number of hydrogen-bond acceptors (Lipinski definition) is 5. The summed E-state index contributed by atoms with van der Waals surface area (Å²) in [7, 11) is 1.77. The second-order valence-corrected chi connectivity index (χ2v) is 7.95. The van der Waals surface area contributed by atoms with Crippen LogP contribution in [0.4, 0.5) is 0 Å². The summed E-state index contributed by atoms with van der Waals surface area (Å²) in [5.74, 6) is 0.196. The molecular weight excluding hydrogens is 406 g/mol. The smallest absolute Gasteiger partial charge is 0.219 e. The highest BCUT2D eigenvalue weighted by molar-refractivity contribution is 5.96. The Morgan fingerprint density at radius 2 is 1.47 bits per heavy atom. The zero-order valence-electron chi connectivity index (χ0n) is 20.2. The molecule has 0 aromatic heterocycles. The van der Waals surface area contributed by atoms with Crippen LogP contribution < -0.4 is 0 Å². The van der Waals surface area contributed by atoms with Crippen molar-refractivity contribution in [2.24, 2.45) is 0 Å². The molecule has 0 saturated heterocycles. The molecule has 0 heterocycles. The lowest BCUT2D eigenvalue weighted by Gasteiger charge is -2.14. The predicted octanol–water partition coefficient (Wildman–Crippen LogP) is 4.77. The Balaban J connectivity index is 1.98. The van der Waals surface area contributed by atoms with Gasteiger partial charge in [-0.2, -0.15) is 0 Å². The van der Waals surface area contributed by atoms with Crippen LogP contribution in [0.5, 0.6) is 0 Å². The van der Waals surface area contributed by atoms with Crippen LogP contribution >= 0.6 is 0 Å². The first-order valence-electron chi connectivity index (χ1n) is 11.7. The van der Waals surface area contributed by atoms with Crippen molar-refractivity contribution in [1.82, 2.24) is 4.90 Å². The van der Waals surface area contributed by atoms with Gasteiger partial charge in [-0.3, -0.25) is 9.59 Å². The van der Waals surface area contributed by atoms with E-state index in [2.05, 4.69) is 13.5 Å². The van der Waals surface area contributed by atoms with Crippen molar-refractivity contribution in [2.75, 3.05) is 53.2 Å². The molecule has 180 valence electrons. The van der Waals surface area contributed by atoms with E-state index in [-0.39, 0.29) is 11.7 Å². The summed E-state index contributed by atoms with van der Waals surface area (Å²) in [4.78, 5) is 25.1. The number of Topliss-reactive ketones (excluding diaryl/α,β-unsaturated/α-hetero) is 1. The van der Waals surface area contributed by atoms with E-state index >= 15 is 0 Å². The highest BCUT2D eigenvalue weighted by Crippen LogP contribution is 2.19. The van der Waals surface area contributed by atoms with E-state index in [4.69, 9.17) is 14.2 Å².